The third kappa shape index (κ3) is 8.55. The minimum atomic E-state index is -0.514. The van der Waals surface area contributed by atoms with Gasteiger partial charge >= 0.3 is 0 Å². The van der Waals surface area contributed by atoms with Crippen LogP contribution in [0, 0.1) is 5.92 Å². The molecule has 220 valence electrons. The predicted octanol–water partition coefficient (Wildman–Crippen LogP) is 2.47. The summed E-state index contributed by atoms with van der Waals surface area (Å²) in [5.41, 5.74) is 7.06. The second kappa shape index (κ2) is 15.0. The van der Waals surface area contributed by atoms with Gasteiger partial charge in [-0.1, -0.05) is 44.2 Å². The van der Waals surface area contributed by atoms with Crippen LogP contribution in [-0.4, -0.2) is 64.7 Å². The highest BCUT2D eigenvalue weighted by molar-refractivity contribution is 7.10. The standard InChI is InChI=1S/C27H33N7O4S2.ClH/c1-16(2)23-27-32-19(14-40-27)24(37)29-9-6-10-34(22(36)12-28)13-21(35)30-18(11-17-7-4-3-5-8-17)26-31-20(15-39-26)25(38)33-23;/h3-5,7-8,14-16,18,23H,6,9-13,28H2,1-2H3,(H,29,37)(H,30,35)(H,33,38);1H/t18?,23-;/m0./s1. The average molecular weight is 620 g/mol. The third-order valence-electron chi connectivity index (χ3n) is 6.40. The first kappa shape index (κ1) is 32.1. The van der Waals surface area contributed by atoms with Crippen LogP contribution in [0.15, 0.2) is 41.1 Å². The van der Waals surface area contributed by atoms with Crippen LogP contribution in [0.3, 0.4) is 0 Å². The number of nitrogens with zero attached hydrogens (tertiary/aromatic N) is 3. The molecule has 1 aliphatic heterocycles. The molecule has 3 heterocycles. The van der Waals surface area contributed by atoms with Gasteiger partial charge in [0.25, 0.3) is 11.8 Å². The molecule has 1 aromatic carbocycles. The molecule has 1 unspecified atom stereocenters. The molecular formula is C27H34ClN7O4S2. The number of fused-ring (bicyclic) bond motifs is 4. The molecule has 3 aromatic rings. The minimum absolute atomic E-state index is 0. The molecular weight excluding hydrogens is 586 g/mol. The zero-order valence-electron chi connectivity index (χ0n) is 22.8. The topological polar surface area (TPSA) is 159 Å². The summed E-state index contributed by atoms with van der Waals surface area (Å²) in [6, 6.07) is 8.72. The van der Waals surface area contributed by atoms with Gasteiger partial charge in [0.2, 0.25) is 11.8 Å². The molecule has 4 rings (SSSR count). The number of hydrogen-bond donors (Lipinski definition) is 4. The Hall–Kier alpha value is -3.39. The van der Waals surface area contributed by atoms with Crippen molar-refractivity contribution in [1.82, 2.24) is 30.8 Å². The van der Waals surface area contributed by atoms with Gasteiger partial charge in [-0.15, -0.1) is 35.1 Å². The van der Waals surface area contributed by atoms with Crippen molar-refractivity contribution in [3.63, 3.8) is 0 Å². The number of thiazole rings is 2. The lowest BCUT2D eigenvalue weighted by molar-refractivity contribution is -0.135. The van der Waals surface area contributed by atoms with Crippen LogP contribution in [-0.2, 0) is 16.0 Å². The van der Waals surface area contributed by atoms with Crippen molar-refractivity contribution in [2.75, 3.05) is 26.2 Å². The Morgan fingerprint density at radius 2 is 1.68 bits per heavy atom. The van der Waals surface area contributed by atoms with Gasteiger partial charge in [-0.05, 0) is 24.3 Å². The van der Waals surface area contributed by atoms with E-state index in [0.717, 1.165) is 5.56 Å². The lowest BCUT2D eigenvalue weighted by Gasteiger charge is -2.24. The van der Waals surface area contributed by atoms with Crippen LogP contribution in [0.1, 0.15) is 68.9 Å². The van der Waals surface area contributed by atoms with Gasteiger partial charge in [-0.2, -0.15) is 0 Å². The first-order chi connectivity index (χ1) is 19.2. The van der Waals surface area contributed by atoms with Crippen LogP contribution < -0.4 is 21.7 Å². The fraction of sp³-hybridized carbons (Fsp3) is 0.407. The van der Waals surface area contributed by atoms with E-state index in [2.05, 4.69) is 25.9 Å². The smallest absolute Gasteiger partial charge is 0.271 e. The normalized spacial score (nSPS) is 18.7. The van der Waals surface area contributed by atoms with E-state index in [4.69, 9.17) is 5.73 Å². The summed E-state index contributed by atoms with van der Waals surface area (Å²) in [5.74, 6) is -1.46. The average Bonchev–Trinajstić information content (AvgIpc) is 3.63. The molecule has 14 heteroatoms. The van der Waals surface area contributed by atoms with Crippen LogP contribution in [0.4, 0.5) is 0 Å². The molecule has 0 aliphatic carbocycles. The monoisotopic (exact) mass is 619 g/mol. The second-order valence-electron chi connectivity index (χ2n) is 9.78. The van der Waals surface area contributed by atoms with Crippen molar-refractivity contribution in [2.24, 2.45) is 11.7 Å². The predicted molar refractivity (Wildman–Crippen MR) is 160 cm³/mol. The summed E-state index contributed by atoms with van der Waals surface area (Å²) >= 11 is 2.59. The molecule has 4 bridgehead atoms. The number of halogens is 1. The highest BCUT2D eigenvalue weighted by Gasteiger charge is 2.27. The molecule has 2 atom stereocenters. The number of aromatic nitrogens is 2. The number of carbonyl (C=O) groups excluding carboxylic acids is 4. The van der Waals surface area contributed by atoms with E-state index in [1.165, 1.54) is 27.6 Å². The zero-order valence-corrected chi connectivity index (χ0v) is 25.2. The van der Waals surface area contributed by atoms with Crippen molar-refractivity contribution in [3.05, 3.63) is 68.1 Å². The molecule has 5 N–H and O–H groups in total. The molecule has 41 heavy (non-hydrogen) atoms. The SMILES string of the molecule is CC(C)[C@@H]1NC(=O)c2csc(n2)C(Cc2ccccc2)NC(=O)CN(C(=O)CN)CCCNC(=O)c2csc1n2.Cl. The minimum Gasteiger partial charge on any atom is -0.351 e. The van der Waals surface area contributed by atoms with E-state index in [1.807, 2.05) is 44.2 Å². The first-order valence-electron chi connectivity index (χ1n) is 13.1. The van der Waals surface area contributed by atoms with Crippen LogP contribution in [0.25, 0.3) is 0 Å². The van der Waals surface area contributed by atoms with Crippen molar-refractivity contribution in [1.29, 1.82) is 0 Å². The van der Waals surface area contributed by atoms with Crippen molar-refractivity contribution in [3.8, 4) is 0 Å². The maximum Gasteiger partial charge on any atom is 0.271 e. The van der Waals surface area contributed by atoms with Crippen LogP contribution in [0.5, 0.6) is 0 Å². The Kier molecular flexibility index (Phi) is 11.8. The van der Waals surface area contributed by atoms with Gasteiger partial charge in [0.1, 0.15) is 21.4 Å². The van der Waals surface area contributed by atoms with Gasteiger partial charge in [0, 0.05) is 23.8 Å². The number of rotatable bonds is 4. The largest absolute Gasteiger partial charge is 0.351 e. The van der Waals surface area contributed by atoms with Gasteiger partial charge in [-0.3, -0.25) is 19.2 Å². The van der Waals surface area contributed by atoms with Crippen molar-refractivity contribution < 1.29 is 19.2 Å². The Morgan fingerprint density at radius 1 is 1.02 bits per heavy atom. The van der Waals surface area contributed by atoms with E-state index < -0.39 is 12.1 Å². The lowest BCUT2D eigenvalue weighted by Crippen LogP contribution is -2.45. The number of carbonyl (C=O) groups is 4. The molecule has 0 fully saturated rings. The summed E-state index contributed by atoms with van der Waals surface area (Å²) in [5, 5.41) is 13.3. The maximum atomic E-state index is 13.2. The molecule has 2 aromatic heterocycles. The van der Waals surface area contributed by atoms with Gasteiger partial charge in [0.15, 0.2) is 0 Å². The maximum absolute atomic E-state index is 13.2. The van der Waals surface area contributed by atoms with Crippen molar-refractivity contribution in [2.45, 2.75) is 38.8 Å². The van der Waals surface area contributed by atoms with E-state index in [-0.39, 0.29) is 79.5 Å². The number of amides is 4. The first-order valence-corrected chi connectivity index (χ1v) is 14.8. The van der Waals surface area contributed by atoms with Crippen LogP contribution >= 0.6 is 35.1 Å². The molecule has 4 amide bonds. The quantitative estimate of drug-likeness (QED) is 0.349. The van der Waals surface area contributed by atoms with E-state index >= 15 is 0 Å². The second-order valence-corrected chi connectivity index (χ2v) is 11.6. The van der Waals surface area contributed by atoms with E-state index in [9.17, 15) is 19.2 Å². The number of hydrogen-bond acceptors (Lipinski definition) is 9. The highest BCUT2D eigenvalue weighted by atomic mass is 35.5. The third-order valence-corrected chi connectivity index (χ3v) is 8.28. The molecule has 0 radical (unpaired) electrons. The fourth-order valence-electron chi connectivity index (χ4n) is 4.26. The Bertz CT molecular complexity index is 1350. The van der Waals surface area contributed by atoms with E-state index in [0.29, 0.717) is 22.9 Å². The van der Waals surface area contributed by atoms with Crippen LogP contribution in [0.2, 0.25) is 0 Å². The van der Waals surface area contributed by atoms with Gasteiger partial charge < -0.3 is 26.6 Å². The number of benzene rings is 1. The summed E-state index contributed by atoms with van der Waals surface area (Å²) in [7, 11) is 0. The molecule has 1 aliphatic rings. The number of nitrogens with one attached hydrogen (secondary N) is 3. The van der Waals surface area contributed by atoms with Gasteiger partial charge in [-0.25, -0.2) is 9.97 Å². The summed E-state index contributed by atoms with van der Waals surface area (Å²) < 4.78 is 0. The molecule has 11 nitrogen and oxygen atoms in total. The zero-order chi connectivity index (χ0) is 28.6. The summed E-state index contributed by atoms with van der Waals surface area (Å²) in [6.45, 7) is 4.02. The molecule has 0 spiro atoms. The van der Waals surface area contributed by atoms with Gasteiger partial charge in [0.05, 0.1) is 25.2 Å². The Balaban J connectivity index is 0.00000462. The molecule has 0 saturated heterocycles. The molecule has 0 saturated carbocycles. The highest BCUT2D eigenvalue weighted by Crippen LogP contribution is 2.27. The Labute approximate surface area is 252 Å². The summed E-state index contributed by atoms with van der Waals surface area (Å²) in [4.78, 5) is 62.0. The van der Waals surface area contributed by atoms with Crippen molar-refractivity contribution >= 4 is 58.7 Å². The Morgan fingerprint density at radius 3 is 2.37 bits per heavy atom. The lowest BCUT2D eigenvalue weighted by atomic mass is 10.0. The number of nitrogens with two attached hydrogens (primary N) is 1. The summed E-state index contributed by atoms with van der Waals surface area (Å²) in [6.07, 6.45) is 0.879. The van der Waals surface area contributed by atoms with E-state index in [1.54, 1.807) is 10.8 Å². The fourth-order valence-corrected chi connectivity index (χ4v) is 6.13.